The molecule has 5 nitrogen and oxygen atoms in total. The van der Waals surface area contributed by atoms with Gasteiger partial charge < -0.3 is 9.64 Å². The van der Waals surface area contributed by atoms with Crippen LogP contribution in [0.1, 0.15) is 43.1 Å². The highest BCUT2D eigenvalue weighted by Crippen LogP contribution is 2.23. The first-order chi connectivity index (χ1) is 11.8. The van der Waals surface area contributed by atoms with Crippen molar-refractivity contribution < 1.29 is 9.53 Å². The van der Waals surface area contributed by atoms with Crippen molar-refractivity contribution in [2.75, 3.05) is 13.1 Å². The molecule has 3 rings (SSSR count). The maximum absolute atomic E-state index is 12.7. The fraction of sp³-hybridized carbons (Fsp3) is 0.421. The van der Waals surface area contributed by atoms with Gasteiger partial charge in [-0.3, -0.25) is 4.79 Å². The second-order valence-electron chi connectivity index (χ2n) is 7.29. The number of halogens is 1. The van der Waals surface area contributed by atoms with Gasteiger partial charge >= 0.3 is 6.01 Å². The summed E-state index contributed by atoms with van der Waals surface area (Å²) in [6.45, 7) is 7.73. The van der Waals surface area contributed by atoms with E-state index < -0.39 is 0 Å². The van der Waals surface area contributed by atoms with Crippen molar-refractivity contribution in [1.82, 2.24) is 14.9 Å². The smallest absolute Gasteiger partial charge is 0.316 e. The molecule has 1 aliphatic heterocycles. The summed E-state index contributed by atoms with van der Waals surface area (Å²) in [5.41, 5.74) is 2.02. The van der Waals surface area contributed by atoms with Gasteiger partial charge in [0.15, 0.2) is 0 Å². The zero-order valence-electron chi connectivity index (χ0n) is 14.7. The Hall–Kier alpha value is -1.95. The van der Waals surface area contributed by atoms with Gasteiger partial charge in [0, 0.05) is 30.9 Å². The molecule has 1 aromatic carbocycles. The van der Waals surface area contributed by atoms with Crippen LogP contribution >= 0.6 is 15.9 Å². The summed E-state index contributed by atoms with van der Waals surface area (Å²) < 4.78 is 6.58. The van der Waals surface area contributed by atoms with Crippen LogP contribution in [0, 0.1) is 0 Å². The molecule has 0 bridgehead atoms. The van der Waals surface area contributed by atoms with Gasteiger partial charge in [-0.1, -0.05) is 32.9 Å². The van der Waals surface area contributed by atoms with Crippen molar-refractivity contribution in [3.8, 4) is 6.01 Å². The van der Waals surface area contributed by atoms with Crippen LogP contribution in [0.4, 0.5) is 0 Å². The molecule has 1 amide bonds. The van der Waals surface area contributed by atoms with Crippen LogP contribution in [0.2, 0.25) is 0 Å². The standard InChI is InChI=1S/C19H22BrN3O2/c1-19(2,3)14-6-4-13(5-7-14)17(24)23-9-8-16(12-23)25-18-21-10-15(20)11-22-18/h4-7,10-11,16H,8-9,12H2,1-3H3. The maximum Gasteiger partial charge on any atom is 0.316 e. The number of amides is 1. The molecule has 1 fully saturated rings. The number of ether oxygens (including phenoxy) is 1. The number of carbonyl (C=O) groups is 1. The maximum atomic E-state index is 12.7. The number of rotatable bonds is 3. The van der Waals surface area contributed by atoms with E-state index in [1.165, 1.54) is 5.56 Å². The fourth-order valence-electron chi connectivity index (χ4n) is 2.81. The van der Waals surface area contributed by atoms with E-state index in [0.29, 0.717) is 24.7 Å². The summed E-state index contributed by atoms with van der Waals surface area (Å²) in [5.74, 6) is 0.0447. The van der Waals surface area contributed by atoms with Gasteiger partial charge in [0.25, 0.3) is 5.91 Å². The van der Waals surface area contributed by atoms with E-state index in [-0.39, 0.29) is 17.4 Å². The van der Waals surface area contributed by atoms with Gasteiger partial charge in [0.1, 0.15) is 6.10 Å². The predicted octanol–water partition coefficient (Wildman–Crippen LogP) is 3.83. The first kappa shape index (κ1) is 17.9. The molecule has 0 N–H and O–H groups in total. The van der Waals surface area contributed by atoms with Crippen molar-refractivity contribution in [2.24, 2.45) is 0 Å². The average molecular weight is 404 g/mol. The fourth-order valence-corrected chi connectivity index (χ4v) is 3.02. The average Bonchev–Trinajstić information content (AvgIpc) is 3.04. The molecule has 2 heterocycles. The number of nitrogens with zero attached hydrogens (tertiary/aromatic N) is 3. The second-order valence-corrected chi connectivity index (χ2v) is 8.21. The Labute approximate surface area is 156 Å². The SMILES string of the molecule is CC(C)(C)c1ccc(C(=O)N2CCC(Oc3ncc(Br)cn3)C2)cc1. The summed E-state index contributed by atoms with van der Waals surface area (Å²) in [7, 11) is 0. The van der Waals surface area contributed by atoms with Crippen molar-refractivity contribution >= 4 is 21.8 Å². The minimum Gasteiger partial charge on any atom is -0.458 e. The van der Waals surface area contributed by atoms with Crippen molar-refractivity contribution in [3.05, 3.63) is 52.3 Å². The third-order valence-electron chi connectivity index (χ3n) is 4.30. The number of carbonyl (C=O) groups excluding carboxylic acids is 1. The van der Waals surface area contributed by atoms with Crippen LogP contribution < -0.4 is 4.74 Å². The van der Waals surface area contributed by atoms with Gasteiger partial charge in [0.2, 0.25) is 0 Å². The van der Waals surface area contributed by atoms with Crippen molar-refractivity contribution in [2.45, 2.75) is 38.7 Å². The lowest BCUT2D eigenvalue weighted by atomic mass is 9.86. The van der Waals surface area contributed by atoms with Gasteiger partial charge in [-0.05, 0) is 39.0 Å². The lowest BCUT2D eigenvalue weighted by Crippen LogP contribution is -2.31. The monoisotopic (exact) mass is 403 g/mol. The molecule has 0 spiro atoms. The Balaban J connectivity index is 1.61. The largest absolute Gasteiger partial charge is 0.458 e. The molecule has 0 radical (unpaired) electrons. The normalized spacial score (nSPS) is 17.6. The van der Waals surface area contributed by atoms with Crippen LogP contribution in [0.5, 0.6) is 6.01 Å². The number of hydrogen-bond donors (Lipinski definition) is 0. The molecule has 6 heteroatoms. The molecular weight excluding hydrogens is 382 g/mol. The topological polar surface area (TPSA) is 55.3 Å². The highest BCUT2D eigenvalue weighted by molar-refractivity contribution is 9.10. The van der Waals surface area contributed by atoms with E-state index in [0.717, 1.165) is 10.9 Å². The number of likely N-dealkylation sites (tertiary alicyclic amines) is 1. The predicted molar refractivity (Wildman–Crippen MR) is 99.8 cm³/mol. The molecular formula is C19H22BrN3O2. The number of aromatic nitrogens is 2. The summed E-state index contributed by atoms with van der Waals surface area (Å²) in [4.78, 5) is 22.8. The van der Waals surface area contributed by atoms with E-state index in [4.69, 9.17) is 4.74 Å². The zero-order valence-corrected chi connectivity index (χ0v) is 16.3. The lowest BCUT2D eigenvalue weighted by Gasteiger charge is -2.20. The van der Waals surface area contributed by atoms with Crippen molar-refractivity contribution in [1.29, 1.82) is 0 Å². The van der Waals surface area contributed by atoms with Crippen LogP contribution in [0.3, 0.4) is 0 Å². The second kappa shape index (κ2) is 7.12. The van der Waals surface area contributed by atoms with Crippen LogP contribution in [0.15, 0.2) is 41.1 Å². The van der Waals surface area contributed by atoms with Gasteiger partial charge in [-0.2, -0.15) is 0 Å². The third-order valence-corrected chi connectivity index (χ3v) is 4.71. The van der Waals surface area contributed by atoms with Crippen LogP contribution in [-0.4, -0.2) is 40.0 Å². The Kier molecular flexibility index (Phi) is 5.08. The minimum absolute atomic E-state index is 0.0447. The van der Waals surface area contributed by atoms with Gasteiger partial charge in [-0.15, -0.1) is 0 Å². The lowest BCUT2D eigenvalue weighted by molar-refractivity contribution is 0.0769. The summed E-state index contributed by atoms with van der Waals surface area (Å²) in [5, 5.41) is 0. The van der Waals surface area contributed by atoms with E-state index in [9.17, 15) is 4.79 Å². The van der Waals surface area contributed by atoms with Crippen molar-refractivity contribution in [3.63, 3.8) is 0 Å². The molecule has 0 saturated carbocycles. The molecule has 1 aliphatic rings. The Morgan fingerprint density at radius 1 is 1.20 bits per heavy atom. The van der Waals surface area contributed by atoms with Gasteiger partial charge in [-0.25, -0.2) is 9.97 Å². The first-order valence-corrected chi connectivity index (χ1v) is 9.16. The van der Waals surface area contributed by atoms with Crippen LogP contribution in [-0.2, 0) is 5.41 Å². The molecule has 25 heavy (non-hydrogen) atoms. The highest BCUT2D eigenvalue weighted by atomic mass is 79.9. The molecule has 1 unspecified atom stereocenters. The first-order valence-electron chi connectivity index (χ1n) is 8.37. The van der Waals surface area contributed by atoms with Crippen LogP contribution in [0.25, 0.3) is 0 Å². The van der Waals surface area contributed by atoms with E-state index in [1.807, 2.05) is 29.2 Å². The Morgan fingerprint density at radius 2 is 1.84 bits per heavy atom. The summed E-state index contributed by atoms with van der Waals surface area (Å²) in [6.07, 6.45) is 4.01. The quantitative estimate of drug-likeness (QED) is 0.781. The summed E-state index contributed by atoms with van der Waals surface area (Å²) in [6, 6.07) is 8.24. The minimum atomic E-state index is -0.0704. The highest BCUT2D eigenvalue weighted by Gasteiger charge is 2.29. The molecule has 1 atom stereocenters. The molecule has 2 aromatic rings. The molecule has 132 valence electrons. The third kappa shape index (κ3) is 4.37. The summed E-state index contributed by atoms with van der Waals surface area (Å²) >= 11 is 3.30. The zero-order chi connectivity index (χ0) is 18.0. The Bertz CT molecular complexity index is 739. The Morgan fingerprint density at radius 3 is 2.44 bits per heavy atom. The van der Waals surface area contributed by atoms with Gasteiger partial charge in [0.05, 0.1) is 11.0 Å². The molecule has 1 aromatic heterocycles. The number of hydrogen-bond acceptors (Lipinski definition) is 4. The number of benzene rings is 1. The van der Waals surface area contributed by atoms with E-state index in [1.54, 1.807) is 12.4 Å². The van der Waals surface area contributed by atoms with E-state index in [2.05, 4.69) is 46.7 Å². The molecule has 0 aliphatic carbocycles. The molecule has 1 saturated heterocycles. The van der Waals surface area contributed by atoms with E-state index >= 15 is 0 Å².